The van der Waals surface area contributed by atoms with Gasteiger partial charge in [0.15, 0.2) is 6.67 Å². The third-order valence-electron chi connectivity index (χ3n) is 6.50. The summed E-state index contributed by atoms with van der Waals surface area (Å²) in [5.41, 5.74) is 0. The molecule has 1 aliphatic heterocycles. The molecule has 0 aromatic carbocycles. The summed E-state index contributed by atoms with van der Waals surface area (Å²) in [6.45, 7) is 8.96. The van der Waals surface area contributed by atoms with Crippen LogP contribution in [0.3, 0.4) is 0 Å². The summed E-state index contributed by atoms with van der Waals surface area (Å²) in [5, 5.41) is 2.98. The maximum Gasteiger partial charge on any atom is 0.226 e. The molecule has 0 aliphatic carbocycles. The van der Waals surface area contributed by atoms with Crippen molar-refractivity contribution in [3.8, 4) is 0 Å². The molecule has 0 aromatic heterocycles. The van der Waals surface area contributed by atoms with Crippen LogP contribution in [0.5, 0.6) is 0 Å². The molecule has 0 aromatic rings. The van der Waals surface area contributed by atoms with Crippen molar-refractivity contribution in [1.29, 1.82) is 0 Å². The van der Waals surface area contributed by atoms with Crippen LogP contribution in [0.1, 0.15) is 110 Å². The van der Waals surface area contributed by atoms with E-state index in [1.807, 2.05) is 6.92 Å². The van der Waals surface area contributed by atoms with Gasteiger partial charge in [-0.05, 0) is 32.1 Å². The summed E-state index contributed by atoms with van der Waals surface area (Å²) in [7, 11) is 2.32. The normalized spacial score (nSPS) is 15.6. The van der Waals surface area contributed by atoms with E-state index in [9.17, 15) is 9.59 Å². The van der Waals surface area contributed by atoms with Crippen molar-refractivity contribution in [3.05, 3.63) is 0 Å². The van der Waals surface area contributed by atoms with Gasteiger partial charge in [0.25, 0.3) is 0 Å². The Morgan fingerprint density at radius 2 is 1.45 bits per heavy atom. The van der Waals surface area contributed by atoms with Crippen LogP contribution in [0.4, 0.5) is 0 Å². The highest BCUT2D eigenvalue weighted by Gasteiger charge is 2.29. The van der Waals surface area contributed by atoms with E-state index < -0.39 is 0 Å². The first-order chi connectivity index (χ1) is 14.5. The highest BCUT2D eigenvalue weighted by atomic mass is 35.5. The number of hydrogen-bond donors (Lipinski definition) is 1. The predicted octanol–water partition coefficient (Wildman–Crippen LogP) is 2.24. The average molecular weight is 460 g/mol. The number of carbonyl (C=O) groups excluding carboxylic acids is 2. The van der Waals surface area contributed by atoms with E-state index in [-0.39, 0.29) is 18.3 Å². The largest absolute Gasteiger partial charge is 1.00 e. The van der Waals surface area contributed by atoms with Crippen LogP contribution in [0, 0.1) is 0 Å². The second kappa shape index (κ2) is 18.7. The van der Waals surface area contributed by atoms with Crippen molar-refractivity contribution < 1.29 is 26.5 Å². The van der Waals surface area contributed by atoms with Crippen LogP contribution in [0.25, 0.3) is 0 Å². The smallest absolute Gasteiger partial charge is 0.226 e. The summed E-state index contributed by atoms with van der Waals surface area (Å²) in [5.74, 6) is 0.470. The van der Waals surface area contributed by atoms with Gasteiger partial charge in [0, 0.05) is 25.9 Å². The number of nitrogens with one attached hydrogen (secondary N) is 1. The van der Waals surface area contributed by atoms with E-state index in [4.69, 9.17) is 0 Å². The lowest BCUT2D eigenvalue weighted by Crippen LogP contribution is -3.00. The van der Waals surface area contributed by atoms with Crippen LogP contribution < -0.4 is 17.7 Å². The molecule has 0 saturated carbocycles. The molecule has 1 atom stereocenters. The number of nitrogens with zero attached hydrogens (tertiary/aromatic N) is 2. The molecule has 2 amide bonds. The number of likely N-dealkylation sites (tertiary alicyclic amines) is 1. The standard InChI is InChI=1S/C25H49N3O2.ClH/c1-4-6-7-8-9-10-11-12-13-15-21-28(3,23-27-20-17-18-25(27)30)22-16-14-19-26-24(29)5-2;/h4-23H2,1-3H3;1H. The average Bonchev–Trinajstić information content (AvgIpc) is 3.13. The third kappa shape index (κ3) is 14.8. The van der Waals surface area contributed by atoms with Gasteiger partial charge in [-0.25, -0.2) is 0 Å². The Balaban J connectivity index is 0.00000900. The van der Waals surface area contributed by atoms with Gasteiger partial charge < -0.3 is 22.2 Å². The maximum absolute atomic E-state index is 12.1. The fourth-order valence-electron chi connectivity index (χ4n) is 4.47. The molecule has 0 bridgehead atoms. The maximum atomic E-state index is 12.1. The summed E-state index contributed by atoms with van der Waals surface area (Å²) < 4.78 is 0.963. The number of hydrogen-bond acceptors (Lipinski definition) is 2. The number of amides is 2. The van der Waals surface area contributed by atoms with Gasteiger partial charge in [-0.1, -0.05) is 65.2 Å². The molecule has 0 spiro atoms. The highest BCUT2D eigenvalue weighted by molar-refractivity contribution is 5.77. The lowest BCUT2D eigenvalue weighted by atomic mass is 10.1. The topological polar surface area (TPSA) is 49.4 Å². The van der Waals surface area contributed by atoms with Crippen LogP contribution in [-0.2, 0) is 9.59 Å². The Morgan fingerprint density at radius 1 is 0.903 bits per heavy atom. The van der Waals surface area contributed by atoms with Crippen LogP contribution in [-0.4, -0.2) is 61.1 Å². The molecule has 184 valence electrons. The van der Waals surface area contributed by atoms with Crippen molar-refractivity contribution in [3.63, 3.8) is 0 Å². The first-order valence-electron chi connectivity index (χ1n) is 12.9. The van der Waals surface area contributed by atoms with E-state index >= 15 is 0 Å². The molecule has 31 heavy (non-hydrogen) atoms. The molecule has 1 unspecified atom stereocenters. The van der Waals surface area contributed by atoms with Gasteiger partial charge in [0.1, 0.15) is 0 Å². The van der Waals surface area contributed by atoms with E-state index in [2.05, 4.69) is 24.2 Å². The van der Waals surface area contributed by atoms with Crippen molar-refractivity contribution >= 4 is 11.8 Å². The van der Waals surface area contributed by atoms with Crippen molar-refractivity contribution in [2.45, 2.75) is 110 Å². The second-order valence-electron chi connectivity index (χ2n) is 9.56. The monoisotopic (exact) mass is 459 g/mol. The first-order valence-corrected chi connectivity index (χ1v) is 12.9. The molecule has 1 fully saturated rings. The van der Waals surface area contributed by atoms with E-state index in [1.165, 1.54) is 64.2 Å². The number of halogens is 1. The van der Waals surface area contributed by atoms with Gasteiger partial charge in [-0.3, -0.25) is 14.5 Å². The number of carbonyl (C=O) groups is 2. The molecule has 1 saturated heterocycles. The van der Waals surface area contributed by atoms with Crippen LogP contribution in [0.2, 0.25) is 0 Å². The Kier molecular flexibility index (Phi) is 18.2. The zero-order chi connectivity index (χ0) is 22.1. The number of rotatable bonds is 19. The lowest BCUT2D eigenvalue weighted by Gasteiger charge is -2.38. The fourth-order valence-corrected chi connectivity index (χ4v) is 4.47. The lowest BCUT2D eigenvalue weighted by molar-refractivity contribution is -0.918. The van der Waals surface area contributed by atoms with Crippen molar-refractivity contribution in [1.82, 2.24) is 10.2 Å². The molecular weight excluding hydrogens is 410 g/mol. The van der Waals surface area contributed by atoms with Crippen molar-refractivity contribution in [2.75, 3.05) is 39.9 Å². The minimum atomic E-state index is 0. The molecule has 5 nitrogen and oxygen atoms in total. The van der Waals surface area contributed by atoms with Crippen LogP contribution >= 0.6 is 0 Å². The van der Waals surface area contributed by atoms with Gasteiger partial charge in [-0.15, -0.1) is 0 Å². The quantitative estimate of drug-likeness (QED) is 0.238. The first kappa shape index (κ1) is 30.2. The second-order valence-corrected chi connectivity index (χ2v) is 9.56. The summed E-state index contributed by atoms with van der Waals surface area (Å²) in [4.78, 5) is 25.6. The molecule has 1 heterocycles. The molecule has 1 N–H and O–H groups in total. The molecule has 6 heteroatoms. The zero-order valence-corrected chi connectivity index (χ0v) is 21.5. The number of unbranched alkanes of at least 4 members (excludes halogenated alkanes) is 10. The highest BCUT2D eigenvalue weighted by Crippen LogP contribution is 2.17. The predicted molar refractivity (Wildman–Crippen MR) is 126 cm³/mol. The molecular formula is C25H50ClN3O2. The fraction of sp³-hybridized carbons (Fsp3) is 0.920. The molecule has 0 radical (unpaired) electrons. The molecule has 1 aliphatic rings. The Hall–Kier alpha value is -0.810. The Labute approximate surface area is 198 Å². The van der Waals surface area contributed by atoms with E-state index in [0.717, 1.165) is 63.0 Å². The number of quaternary nitrogens is 1. The third-order valence-corrected chi connectivity index (χ3v) is 6.50. The minimum absolute atomic E-state index is 0. The van der Waals surface area contributed by atoms with E-state index in [1.54, 1.807) is 0 Å². The summed E-state index contributed by atoms with van der Waals surface area (Å²) >= 11 is 0. The SMILES string of the molecule is CCCCCCCCCCCC[N+](C)(CCCCNC(=O)CC)CN1CCCC1=O.[Cl-]. The Bertz CT molecular complexity index is 476. The van der Waals surface area contributed by atoms with Gasteiger partial charge in [0.2, 0.25) is 11.8 Å². The van der Waals surface area contributed by atoms with Gasteiger partial charge in [0.05, 0.1) is 20.1 Å². The molecule has 1 rings (SSSR count). The Morgan fingerprint density at radius 3 is 1.97 bits per heavy atom. The summed E-state index contributed by atoms with van der Waals surface area (Å²) in [6.07, 6.45) is 18.0. The summed E-state index contributed by atoms with van der Waals surface area (Å²) in [6, 6.07) is 0. The zero-order valence-electron chi connectivity index (χ0n) is 20.7. The van der Waals surface area contributed by atoms with Gasteiger partial charge in [-0.2, -0.15) is 0 Å². The van der Waals surface area contributed by atoms with E-state index in [0.29, 0.717) is 12.3 Å². The van der Waals surface area contributed by atoms with Crippen LogP contribution in [0.15, 0.2) is 0 Å². The minimum Gasteiger partial charge on any atom is -1.00 e. The van der Waals surface area contributed by atoms with Gasteiger partial charge >= 0.3 is 0 Å². The van der Waals surface area contributed by atoms with Crippen molar-refractivity contribution in [2.24, 2.45) is 0 Å².